The van der Waals surface area contributed by atoms with Crippen molar-refractivity contribution in [3.05, 3.63) is 47.8 Å². The summed E-state index contributed by atoms with van der Waals surface area (Å²) in [5.41, 5.74) is 6.49. The third-order valence-electron chi connectivity index (χ3n) is 4.30. The number of rotatable bonds is 4. The monoisotopic (exact) mass is 327 g/mol. The topological polar surface area (TPSA) is 102 Å². The van der Waals surface area contributed by atoms with Crippen LogP contribution < -0.4 is 16.4 Å². The molecule has 0 saturated carbocycles. The van der Waals surface area contributed by atoms with E-state index in [1.54, 1.807) is 12.1 Å². The van der Waals surface area contributed by atoms with Gasteiger partial charge in [0.15, 0.2) is 5.69 Å². The van der Waals surface area contributed by atoms with Gasteiger partial charge in [0.1, 0.15) is 5.69 Å². The van der Waals surface area contributed by atoms with E-state index >= 15 is 0 Å². The Hall–Kier alpha value is -2.67. The number of amides is 2. The third-order valence-corrected chi connectivity index (χ3v) is 4.30. The van der Waals surface area contributed by atoms with Gasteiger partial charge < -0.3 is 16.4 Å². The second-order valence-electron chi connectivity index (χ2n) is 6.08. The van der Waals surface area contributed by atoms with E-state index < -0.39 is 5.91 Å². The van der Waals surface area contributed by atoms with E-state index in [4.69, 9.17) is 5.73 Å². The van der Waals surface area contributed by atoms with E-state index in [1.807, 2.05) is 18.2 Å². The summed E-state index contributed by atoms with van der Waals surface area (Å²) in [6.07, 6.45) is 0.870. The Morgan fingerprint density at radius 1 is 1.33 bits per heavy atom. The Bertz CT molecular complexity index is 741. The van der Waals surface area contributed by atoms with Gasteiger partial charge in [-0.25, -0.2) is 4.68 Å². The molecule has 1 aromatic heterocycles. The molecule has 0 aliphatic carbocycles. The molecule has 2 amide bonds. The highest BCUT2D eigenvalue weighted by atomic mass is 16.2. The van der Waals surface area contributed by atoms with Crippen LogP contribution >= 0.6 is 0 Å². The van der Waals surface area contributed by atoms with Crippen molar-refractivity contribution in [1.29, 1.82) is 0 Å². The number of nitrogens with one attached hydrogen (secondary N) is 2. The van der Waals surface area contributed by atoms with Gasteiger partial charge in [-0.05, 0) is 37.6 Å². The molecule has 126 valence electrons. The van der Waals surface area contributed by atoms with E-state index in [2.05, 4.69) is 22.7 Å². The summed E-state index contributed by atoms with van der Waals surface area (Å²) in [4.78, 5) is 24.2. The minimum atomic E-state index is -0.624. The van der Waals surface area contributed by atoms with Crippen LogP contribution in [-0.2, 0) is 0 Å². The molecule has 1 aromatic carbocycles. The fourth-order valence-corrected chi connectivity index (χ4v) is 2.90. The number of carbonyl (C=O) groups excluding carboxylic acids is 2. The zero-order valence-corrected chi connectivity index (χ0v) is 13.5. The number of para-hydroxylation sites is 1. The number of primary amides is 1. The number of nitrogens with zero attached hydrogens (tertiary/aromatic N) is 2. The summed E-state index contributed by atoms with van der Waals surface area (Å²) < 4.78 is 1.41. The highest BCUT2D eigenvalue weighted by molar-refractivity contribution is 5.97. The SMILES string of the molecule is CC1CNCCC1NC(=O)c1cc(C(N)=O)n(-c2ccccc2)n1. The van der Waals surface area contributed by atoms with Gasteiger partial charge in [-0.15, -0.1) is 0 Å². The summed E-state index contributed by atoms with van der Waals surface area (Å²) in [5.74, 6) is -0.568. The fourth-order valence-electron chi connectivity index (χ4n) is 2.90. The van der Waals surface area contributed by atoms with Crippen LogP contribution in [0.15, 0.2) is 36.4 Å². The second-order valence-corrected chi connectivity index (χ2v) is 6.08. The van der Waals surface area contributed by atoms with Crippen molar-refractivity contribution in [2.45, 2.75) is 19.4 Å². The Labute approximate surface area is 140 Å². The molecule has 2 heterocycles. The van der Waals surface area contributed by atoms with Gasteiger partial charge >= 0.3 is 0 Å². The van der Waals surface area contributed by atoms with Gasteiger partial charge in [-0.3, -0.25) is 9.59 Å². The lowest BCUT2D eigenvalue weighted by molar-refractivity contribution is 0.0908. The molecular formula is C17H21N5O2. The van der Waals surface area contributed by atoms with Crippen LogP contribution in [0.5, 0.6) is 0 Å². The Balaban J connectivity index is 1.86. The smallest absolute Gasteiger partial charge is 0.272 e. The van der Waals surface area contributed by atoms with Crippen molar-refractivity contribution < 1.29 is 9.59 Å². The zero-order chi connectivity index (χ0) is 17.1. The first kappa shape index (κ1) is 16.2. The first-order chi connectivity index (χ1) is 11.6. The largest absolute Gasteiger partial charge is 0.364 e. The molecule has 1 aliphatic heterocycles. The Kier molecular flexibility index (Phi) is 4.61. The number of aromatic nitrogens is 2. The Morgan fingerprint density at radius 2 is 2.08 bits per heavy atom. The molecule has 1 aliphatic rings. The second kappa shape index (κ2) is 6.84. The average molecular weight is 327 g/mol. The number of piperidine rings is 1. The van der Waals surface area contributed by atoms with Crippen molar-refractivity contribution in [2.75, 3.05) is 13.1 Å². The molecular weight excluding hydrogens is 306 g/mol. The predicted octanol–water partition coefficient (Wildman–Crippen LogP) is 0.699. The van der Waals surface area contributed by atoms with E-state index in [1.165, 1.54) is 10.7 Å². The summed E-state index contributed by atoms with van der Waals surface area (Å²) in [5, 5.41) is 10.6. The number of nitrogens with two attached hydrogens (primary N) is 1. The van der Waals surface area contributed by atoms with Gasteiger partial charge in [0.2, 0.25) is 0 Å². The molecule has 4 N–H and O–H groups in total. The molecule has 3 rings (SSSR count). The van der Waals surface area contributed by atoms with Crippen molar-refractivity contribution in [2.24, 2.45) is 11.7 Å². The highest BCUT2D eigenvalue weighted by Gasteiger charge is 2.25. The molecule has 0 bridgehead atoms. The van der Waals surface area contributed by atoms with Gasteiger partial charge in [0.25, 0.3) is 11.8 Å². The molecule has 1 fully saturated rings. The maximum atomic E-state index is 12.5. The molecule has 7 heteroatoms. The van der Waals surface area contributed by atoms with Crippen LogP contribution in [-0.4, -0.2) is 40.7 Å². The van der Waals surface area contributed by atoms with Crippen LogP contribution in [0.4, 0.5) is 0 Å². The summed E-state index contributed by atoms with van der Waals surface area (Å²) in [6, 6.07) is 10.7. The molecule has 24 heavy (non-hydrogen) atoms. The molecule has 2 aromatic rings. The van der Waals surface area contributed by atoms with Crippen molar-refractivity contribution in [1.82, 2.24) is 20.4 Å². The van der Waals surface area contributed by atoms with Gasteiger partial charge in [-0.1, -0.05) is 25.1 Å². The van der Waals surface area contributed by atoms with Crippen molar-refractivity contribution in [3.63, 3.8) is 0 Å². The number of benzene rings is 1. The Morgan fingerprint density at radius 3 is 2.75 bits per heavy atom. The molecule has 2 unspecified atom stereocenters. The predicted molar refractivity (Wildman–Crippen MR) is 90.0 cm³/mol. The third kappa shape index (κ3) is 3.30. The van der Waals surface area contributed by atoms with E-state index in [9.17, 15) is 9.59 Å². The van der Waals surface area contributed by atoms with Crippen LogP contribution in [0, 0.1) is 5.92 Å². The lowest BCUT2D eigenvalue weighted by Crippen LogP contribution is -2.48. The minimum absolute atomic E-state index is 0.0950. The summed E-state index contributed by atoms with van der Waals surface area (Å²) >= 11 is 0. The molecule has 7 nitrogen and oxygen atoms in total. The number of hydrogen-bond acceptors (Lipinski definition) is 4. The minimum Gasteiger partial charge on any atom is -0.364 e. The van der Waals surface area contributed by atoms with Gasteiger partial charge in [0, 0.05) is 12.1 Å². The summed E-state index contributed by atoms with van der Waals surface area (Å²) in [6.45, 7) is 3.84. The summed E-state index contributed by atoms with van der Waals surface area (Å²) in [7, 11) is 0. The van der Waals surface area contributed by atoms with Crippen LogP contribution in [0.25, 0.3) is 5.69 Å². The standard InChI is InChI=1S/C17H21N5O2/c1-11-10-19-8-7-13(11)20-17(24)14-9-15(16(18)23)22(21-14)12-5-3-2-4-6-12/h2-6,9,11,13,19H,7-8,10H2,1H3,(H2,18,23)(H,20,24). The van der Waals surface area contributed by atoms with Crippen LogP contribution in [0.1, 0.15) is 34.3 Å². The molecule has 0 radical (unpaired) electrons. The van der Waals surface area contributed by atoms with Crippen LogP contribution in [0.2, 0.25) is 0 Å². The number of carbonyl (C=O) groups is 2. The maximum absolute atomic E-state index is 12.5. The molecule has 2 atom stereocenters. The average Bonchev–Trinajstić information content (AvgIpc) is 3.03. The van der Waals surface area contributed by atoms with Crippen LogP contribution in [0.3, 0.4) is 0 Å². The van der Waals surface area contributed by atoms with E-state index in [-0.39, 0.29) is 23.3 Å². The van der Waals surface area contributed by atoms with Gasteiger partial charge in [-0.2, -0.15) is 5.10 Å². The van der Waals surface area contributed by atoms with Crippen molar-refractivity contribution in [3.8, 4) is 5.69 Å². The van der Waals surface area contributed by atoms with E-state index in [0.29, 0.717) is 11.6 Å². The van der Waals surface area contributed by atoms with Gasteiger partial charge in [0.05, 0.1) is 5.69 Å². The quantitative estimate of drug-likeness (QED) is 0.769. The first-order valence-corrected chi connectivity index (χ1v) is 8.03. The maximum Gasteiger partial charge on any atom is 0.272 e. The first-order valence-electron chi connectivity index (χ1n) is 8.03. The van der Waals surface area contributed by atoms with Crippen molar-refractivity contribution >= 4 is 11.8 Å². The zero-order valence-electron chi connectivity index (χ0n) is 13.5. The normalized spacial score (nSPS) is 20.5. The highest BCUT2D eigenvalue weighted by Crippen LogP contribution is 2.14. The van der Waals surface area contributed by atoms with E-state index in [0.717, 1.165) is 19.5 Å². The molecule has 0 spiro atoms. The lowest BCUT2D eigenvalue weighted by Gasteiger charge is -2.29. The number of hydrogen-bond donors (Lipinski definition) is 3. The molecule has 1 saturated heterocycles. The lowest BCUT2D eigenvalue weighted by atomic mass is 9.95. The fraction of sp³-hybridized carbons (Fsp3) is 0.353.